The van der Waals surface area contributed by atoms with E-state index in [4.69, 9.17) is 21.7 Å². The summed E-state index contributed by atoms with van der Waals surface area (Å²) in [5.41, 5.74) is 0.759. The zero-order valence-electron chi connectivity index (χ0n) is 14.1. The summed E-state index contributed by atoms with van der Waals surface area (Å²) in [6, 6.07) is 8.61. The Morgan fingerprint density at radius 1 is 1.31 bits per heavy atom. The third-order valence-corrected chi connectivity index (χ3v) is 5.83. The lowest BCUT2D eigenvalue weighted by molar-refractivity contribution is -0.121. The van der Waals surface area contributed by atoms with Crippen molar-refractivity contribution in [2.45, 2.75) is 6.92 Å². The molecule has 0 aliphatic carbocycles. The zero-order chi connectivity index (χ0) is 18.7. The lowest BCUT2D eigenvalue weighted by atomic mass is 10.2. The fraction of sp³-hybridized carbons (Fsp3) is 0.167. The van der Waals surface area contributed by atoms with Gasteiger partial charge in [-0.05, 0) is 42.1 Å². The van der Waals surface area contributed by atoms with Crippen LogP contribution in [0.25, 0.3) is 6.08 Å². The Hall–Kier alpha value is -2.16. The molecule has 1 saturated heterocycles. The fourth-order valence-corrected chi connectivity index (χ4v) is 4.31. The van der Waals surface area contributed by atoms with Crippen molar-refractivity contribution in [2.24, 2.45) is 0 Å². The first-order valence-corrected chi connectivity index (χ1v) is 9.83. The second kappa shape index (κ2) is 8.03. The van der Waals surface area contributed by atoms with Gasteiger partial charge in [-0.25, -0.2) is 4.79 Å². The summed E-state index contributed by atoms with van der Waals surface area (Å²) in [7, 11) is 1.50. The fourth-order valence-electron chi connectivity index (χ4n) is 2.33. The Kier molecular flexibility index (Phi) is 5.75. The minimum atomic E-state index is -0.435. The highest BCUT2D eigenvalue weighted by Gasteiger charge is 2.30. The molecule has 8 heteroatoms. The van der Waals surface area contributed by atoms with Crippen LogP contribution in [0.4, 0.5) is 0 Å². The normalized spacial score (nSPS) is 15.6. The van der Waals surface area contributed by atoms with Crippen molar-refractivity contribution < 1.29 is 19.1 Å². The number of carbonyl (C=O) groups is 2. The highest BCUT2D eigenvalue weighted by Crippen LogP contribution is 2.34. The molecule has 0 radical (unpaired) electrons. The van der Waals surface area contributed by atoms with Crippen LogP contribution in [0.3, 0.4) is 0 Å². The number of ether oxygens (including phenoxy) is 2. The summed E-state index contributed by atoms with van der Waals surface area (Å²) >= 11 is 7.79. The van der Waals surface area contributed by atoms with Crippen LogP contribution in [0.15, 0.2) is 40.6 Å². The number of likely N-dealkylation sites (N-methyl/N-ethyl adjacent to an activating group) is 1. The largest absolute Gasteiger partial charge is 0.493 e. The van der Waals surface area contributed by atoms with Gasteiger partial charge in [-0.3, -0.25) is 9.69 Å². The maximum absolute atomic E-state index is 12.3. The molecule has 0 bridgehead atoms. The molecule has 2 heterocycles. The number of amides is 1. The lowest BCUT2D eigenvalue weighted by Crippen LogP contribution is -2.27. The summed E-state index contributed by atoms with van der Waals surface area (Å²) in [6.45, 7) is 2.43. The van der Waals surface area contributed by atoms with E-state index in [-0.39, 0.29) is 5.91 Å². The van der Waals surface area contributed by atoms with Crippen molar-refractivity contribution in [3.8, 4) is 11.5 Å². The van der Waals surface area contributed by atoms with E-state index in [1.807, 2.05) is 12.3 Å². The van der Waals surface area contributed by atoms with Crippen LogP contribution in [0.2, 0.25) is 0 Å². The molecule has 1 aliphatic heterocycles. The van der Waals surface area contributed by atoms with E-state index < -0.39 is 5.97 Å². The van der Waals surface area contributed by atoms with Gasteiger partial charge in [0.05, 0.1) is 12.0 Å². The van der Waals surface area contributed by atoms with E-state index in [1.165, 1.54) is 30.2 Å². The molecule has 1 aromatic carbocycles. The molecule has 0 spiro atoms. The van der Waals surface area contributed by atoms with Crippen molar-refractivity contribution in [3.05, 3.63) is 51.1 Å². The predicted molar refractivity (Wildman–Crippen MR) is 108 cm³/mol. The maximum atomic E-state index is 12.3. The van der Waals surface area contributed by atoms with Crippen LogP contribution < -0.4 is 9.47 Å². The number of hydrogen-bond acceptors (Lipinski definition) is 7. The number of methoxy groups -OCH3 is 1. The van der Waals surface area contributed by atoms with Crippen LogP contribution in [0, 0.1) is 0 Å². The van der Waals surface area contributed by atoms with E-state index in [0.29, 0.717) is 32.1 Å². The zero-order valence-corrected chi connectivity index (χ0v) is 16.5. The number of rotatable bonds is 5. The number of hydrogen-bond donors (Lipinski definition) is 0. The van der Waals surface area contributed by atoms with Crippen LogP contribution in [-0.2, 0) is 4.79 Å². The summed E-state index contributed by atoms with van der Waals surface area (Å²) in [5.74, 6) is 0.198. The first-order chi connectivity index (χ1) is 12.5. The standard InChI is InChI=1S/C18H15NO4S3/c1-3-19-16(20)15(26-18(19)24)10-11-6-7-12(13(9-11)22-2)23-17(21)14-5-4-8-25-14/h4-10H,3H2,1-2H3. The molecule has 1 fully saturated rings. The van der Waals surface area contributed by atoms with E-state index in [0.717, 1.165) is 5.56 Å². The van der Waals surface area contributed by atoms with Crippen LogP contribution in [0.5, 0.6) is 11.5 Å². The summed E-state index contributed by atoms with van der Waals surface area (Å²) in [6.07, 6.45) is 1.75. The molecule has 1 amide bonds. The molecular formula is C18H15NO4S3. The Morgan fingerprint density at radius 3 is 2.73 bits per heavy atom. The van der Waals surface area contributed by atoms with E-state index in [1.54, 1.807) is 41.3 Å². The molecule has 5 nitrogen and oxygen atoms in total. The van der Waals surface area contributed by atoms with Gasteiger partial charge in [0.15, 0.2) is 11.5 Å². The summed E-state index contributed by atoms with van der Waals surface area (Å²) in [4.78, 5) is 27.0. The number of nitrogens with zero attached hydrogens (tertiary/aromatic N) is 1. The number of carbonyl (C=O) groups excluding carboxylic acids is 2. The van der Waals surface area contributed by atoms with Gasteiger partial charge in [0.1, 0.15) is 9.20 Å². The average Bonchev–Trinajstić information content (AvgIpc) is 3.25. The van der Waals surface area contributed by atoms with Crippen molar-refractivity contribution in [1.29, 1.82) is 0 Å². The van der Waals surface area contributed by atoms with Crippen LogP contribution >= 0.6 is 35.3 Å². The monoisotopic (exact) mass is 405 g/mol. The second-order valence-corrected chi connectivity index (χ2v) is 7.83. The number of thioether (sulfide) groups is 1. The summed E-state index contributed by atoms with van der Waals surface area (Å²) < 4.78 is 11.3. The molecule has 2 aromatic rings. The molecule has 0 unspecified atom stereocenters. The molecule has 0 saturated carbocycles. The van der Waals surface area contributed by atoms with Gasteiger partial charge >= 0.3 is 5.97 Å². The van der Waals surface area contributed by atoms with Crippen molar-refractivity contribution in [3.63, 3.8) is 0 Å². The van der Waals surface area contributed by atoms with Crippen molar-refractivity contribution >= 4 is 57.6 Å². The topological polar surface area (TPSA) is 55.8 Å². The number of thiocarbonyl (C=S) groups is 1. The SMILES string of the molecule is CCN1C(=O)C(=Cc2ccc(OC(=O)c3cccs3)c(OC)c2)SC1=S. The van der Waals surface area contributed by atoms with Gasteiger partial charge in [-0.2, -0.15) is 0 Å². The van der Waals surface area contributed by atoms with E-state index >= 15 is 0 Å². The first-order valence-electron chi connectivity index (χ1n) is 7.72. The maximum Gasteiger partial charge on any atom is 0.353 e. The Balaban J connectivity index is 1.83. The van der Waals surface area contributed by atoms with Gasteiger partial charge in [-0.15, -0.1) is 11.3 Å². The smallest absolute Gasteiger partial charge is 0.353 e. The molecule has 134 valence electrons. The Bertz CT molecular complexity index is 890. The highest BCUT2D eigenvalue weighted by atomic mass is 32.2. The minimum absolute atomic E-state index is 0.102. The lowest BCUT2D eigenvalue weighted by Gasteiger charge is -2.10. The minimum Gasteiger partial charge on any atom is -0.493 e. The van der Waals surface area contributed by atoms with E-state index in [9.17, 15) is 9.59 Å². The highest BCUT2D eigenvalue weighted by molar-refractivity contribution is 8.26. The predicted octanol–water partition coefficient (Wildman–Crippen LogP) is 4.20. The molecule has 1 aromatic heterocycles. The molecule has 3 rings (SSSR count). The van der Waals surface area contributed by atoms with Gasteiger partial charge in [0.2, 0.25) is 0 Å². The molecule has 0 N–H and O–H groups in total. The van der Waals surface area contributed by atoms with Gasteiger partial charge in [-0.1, -0.05) is 36.1 Å². The molecule has 0 atom stereocenters. The molecule has 26 heavy (non-hydrogen) atoms. The quantitative estimate of drug-likeness (QED) is 0.322. The first kappa shape index (κ1) is 18.6. The Labute approximate surface area is 164 Å². The van der Waals surface area contributed by atoms with Gasteiger partial charge < -0.3 is 9.47 Å². The Morgan fingerprint density at radius 2 is 2.12 bits per heavy atom. The van der Waals surface area contributed by atoms with E-state index in [2.05, 4.69) is 0 Å². The summed E-state index contributed by atoms with van der Waals surface area (Å²) in [5, 5.41) is 1.81. The number of benzene rings is 1. The van der Waals surface area contributed by atoms with Crippen LogP contribution in [-0.4, -0.2) is 34.8 Å². The third-order valence-electron chi connectivity index (χ3n) is 3.60. The number of thiophene rings is 1. The second-order valence-electron chi connectivity index (χ2n) is 5.20. The molecule has 1 aliphatic rings. The average molecular weight is 406 g/mol. The van der Waals surface area contributed by atoms with Crippen LogP contribution in [0.1, 0.15) is 22.2 Å². The number of esters is 1. The molecular weight excluding hydrogens is 390 g/mol. The van der Waals surface area contributed by atoms with Gasteiger partial charge in [0, 0.05) is 6.54 Å². The third kappa shape index (κ3) is 3.82. The van der Waals surface area contributed by atoms with Crippen molar-refractivity contribution in [1.82, 2.24) is 4.90 Å². The van der Waals surface area contributed by atoms with Crippen molar-refractivity contribution in [2.75, 3.05) is 13.7 Å². The van der Waals surface area contributed by atoms with Gasteiger partial charge in [0.25, 0.3) is 5.91 Å².